The van der Waals surface area contributed by atoms with E-state index in [-0.39, 0.29) is 5.91 Å². The van der Waals surface area contributed by atoms with E-state index in [1.54, 1.807) is 12.3 Å². The van der Waals surface area contributed by atoms with E-state index in [9.17, 15) is 4.79 Å². The molecule has 0 radical (unpaired) electrons. The molecular formula is C17H24N2O2. The Kier molecular flexibility index (Phi) is 3.89. The number of nitrogens with zero attached hydrogens (tertiary/aromatic N) is 2. The van der Waals surface area contributed by atoms with Crippen molar-refractivity contribution in [3.63, 3.8) is 0 Å². The highest BCUT2D eigenvalue weighted by atomic mass is 16.3. The van der Waals surface area contributed by atoms with Crippen molar-refractivity contribution in [1.82, 2.24) is 9.80 Å². The lowest BCUT2D eigenvalue weighted by Gasteiger charge is -2.44. The van der Waals surface area contributed by atoms with Gasteiger partial charge in [-0.15, -0.1) is 6.58 Å². The number of carbonyl (C=O) groups excluding carboxylic acids is 1. The molecule has 2 saturated heterocycles. The lowest BCUT2D eigenvalue weighted by atomic mass is 9.84. The van der Waals surface area contributed by atoms with Crippen molar-refractivity contribution in [2.24, 2.45) is 0 Å². The molecule has 0 unspecified atom stereocenters. The summed E-state index contributed by atoms with van der Waals surface area (Å²) in [5.74, 6) is 0.832. The first kappa shape index (κ1) is 14.4. The summed E-state index contributed by atoms with van der Waals surface area (Å²) in [6.45, 7) is 9.54. The van der Waals surface area contributed by atoms with Crippen molar-refractivity contribution >= 4 is 5.91 Å². The normalized spacial score (nSPS) is 21.9. The lowest BCUT2D eigenvalue weighted by molar-refractivity contribution is 0.0450. The quantitative estimate of drug-likeness (QED) is 0.803. The van der Waals surface area contributed by atoms with Gasteiger partial charge in [0, 0.05) is 25.2 Å². The van der Waals surface area contributed by atoms with Crippen LogP contribution in [0.15, 0.2) is 29.4 Å². The van der Waals surface area contributed by atoms with E-state index >= 15 is 0 Å². The van der Waals surface area contributed by atoms with Crippen LogP contribution in [0.5, 0.6) is 0 Å². The number of aryl methyl sites for hydroxylation is 1. The highest BCUT2D eigenvalue weighted by Gasteiger charge is 2.43. The molecule has 3 rings (SSSR count). The average molecular weight is 288 g/mol. The van der Waals surface area contributed by atoms with Gasteiger partial charge in [0.25, 0.3) is 5.91 Å². The van der Waals surface area contributed by atoms with Crippen LogP contribution >= 0.6 is 0 Å². The minimum atomic E-state index is 0.115. The largest absolute Gasteiger partial charge is 0.469 e. The molecule has 0 bridgehead atoms. The van der Waals surface area contributed by atoms with Gasteiger partial charge >= 0.3 is 0 Å². The number of hydrogen-bond acceptors (Lipinski definition) is 3. The predicted molar refractivity (Wildman–Crippen MR) is 82.3 cm³/mol. The van der Waals surface area contributed by atoms with E-state index in [4.69, 9.17) is 4.42 Å². The molecule has 4 heteroatoms. The van der Waals surface area contributed by atoms with Gasteiger partial charge in [-0.3, -0.25) is 9.69 Å². The molecule has 0 atom stereocenters. The predicted octanol–water partition coefficient (Wildman–Crippen LogP) is 2.84. The van der Waals surface area contributed by atoms with Crippen LogP contribution in [0.3, 0.4) is 0 Å². The number of amides is 1. The van der Waals surface area contributed by atoms with Gasteiger partial charge in [0.2, 0.25) is 0 Å². The molecular weight excluding hydrogens is 264 g/mol. The van der Waals surface area contributed by atoms with Crippen LogP contribution in [0.2, 0.25) is 0 Å². The number of likely N-dealkylation sites (tertiary alicyclic amines) is 2. The van der Waals surface area contributed by atoms with Crippen molar-refractivity contribution in [2.75, 3.05) is 26.2 Å². The summed E-state index contributed by atoms with van der Waals surface area (Å²) in [6, 6.07) is 1.78. The van der Waals surface area contributed by atoms with Crippen LogP contribution in [0, 0.1) is 6.92 Å². The Hall–Kier alpha value is -1.55. The van der Waals surface area contributed by atoms with Crippen LogP contribution in [0.1, 0.15) is 41.8 Å². The summed E-state index contributed by atoms with van der Waals surface area (Å²) < 4.78 is 5.25. The van der Waals surface area contributed by atoms with E-state index in [0.717, 1.165) is 38.2 Å². The fraction of sp³-hybridized carbons (Fsp3) is 0.588. The molecule has 2 aliphatic rings. The maximum atomic E-state index is 12.5. The van der Waals surface area contributed by atoms with Gasteiger partial charge in [-0.05, 0) is 45.2 Å². The molecule has 3 heterocycles. The minimum Gasteiger partial charge on any atom is -0.469 e. The second-order valence-electron chi connectivity index (χ2n) is 6.25. The van der Waals surface area contributed by atoms with E-state index < -0.39 is 0 Å². The SMILES string of the molecule is C=CCN1CCCC12CCN(C(=O)c1ccoc1C)CC2. The van der Waals surface area contributed by atoms with Crippen LogP contribution in [-0.4, -0.2) is 47.4 Å². The van der Waals surface area contributed by atoms with Crippen molar-refractivity contribution in [3.8, 4) is 0 Å². The van der Waals surface area contributed by atoms with Crippen molar-refractivity contribution in [1.29, 1.82) is 0 Å². The first-order valence-electron chi connectivity index (χ1n) is 7.86. The highest BCUT2D eigenvalue weighted by Crippen LogP contribution is 2.38. The number of piperidine rings is 1. The topological polar surface area (TPSA) is 36.7 Å². The van der Waals surface area contributed by atoms with Gasteiger partial charge in [-0.1, -0.05) is 6.08 Å². The van der Waals surface area contributed by atoms with Crippen LogP contribution in [0.4, 0.5) is 0 Å². The van der Waals surface area contributed by atoms with Crippen LogP contribution in [0.25, 0.3) is 0 Å². The number of hydrogen-bond donors (Lipinski definition) is 0. The molecule has 0 N–H and O–H groups in total. The minimum absolute atomic E-state index is 0.115. The summed E-state index contributed by atoms with van der Waals surface area (Å²) in [5.41, 5.74) is 1.01. The van der Waals surface area contributed by atoms with E-state index in [1.807, 2.05) is 17.9 Å². The Morgan fingerprint density at radius 1 is 1.38 bits per heavy atom. The van der Waals surface area contributed by atoms with Gasteiger partial charge in [0.15, 0.2) is 0 Å². The van der Waals surface area contributed by atoms with Gasteiger partial charge in [0.05, 0.1) is 11.8 Å². The van der Waals surface area contributed by atoms with Gasteiger partial charge in [0.1, 0.15) is 5.76 Å². The summed E-state index contributed by atoms with van der Waals surface area (Å²) in [4.78, 5) is 17.1. The smallest absolute Gasteiger partial charge is 0.257 e. The van der Waals surface area contributed by atoms with Crippen LogP contribution < -0.4 is 0 Å². The molecule has 0 aromatic carbocycles. The summed E-state index contributed by atoms with van der Waals surface area (Å²) in [5, 5.41) is 0. The molecule has 0 saturated carbocycles. The third kappa shape index (κ3) is 2.53. The van der Waals surface area contributed by atoms with Gasteiger partial charge in [-0.2, -0.15) is 0 Å². The molecule has 0 aliphatic carbocycles. The molecule has 114 valence electrons. The molecule has 1 aromatic heterocycles. The monoisotopic (exact) mass is 288 g/mol. The fourth-order valence-corrected chi connectivity index (χ4v) is 3.90. The molecule has 4 nitrogen and oxygen atoms in total. The molecule has 1 amide bonds. The Bertz CT molecular complexity index is 527. The Morgan fingerprint density at radius 2 is 2.14 bits per heavy atom. The maximum absolute atomic E-state index is 12.5. The number of carbonyl (C=O) groups is 1. The lowest BCUT2D eigenvalue weighted by Crippen LogP contribution is -2.53. The van der Waals surface area contributed by atoms with Gasteiger partial charge in [-0.25, -0.2) is 0 Å². The van der Waals surface area contributed by atoms with Crippen molar-refractivity contribution in [2.45, 2.75) is 38.1 Å². The maximum Gasteiger partial charge on any atom is 0.257 e. The second-order valence-corrected chi connectivity index (χ2v) is 6.25. The highest BCUT2D eigenvalue weighted by molar-refractivity contribution is 5.95. The summed E-state index contributed by atoms with van der Waals surface area (Å²) in [7, 11) is 0. The van der Waals surface area contributed by atoms with Crippen LogP contribution in [-0.2, 0) is 0 Å². The molecule has 2 fully saturated rings. The van der Waals surface area contributed by atoms with Crippen molar-refractivity contribution < 1.29 is 9.21 Å². The fourth-order valence-electron chi connectivity index (χ4n) is 3.90. The zero-order chi connectivity index (χ0) is 14.9. The van der Waals surface area contributed by atoms with E-state index in [2.05, 4.69) is 11.5 Å². The standard InChI is InChI=1S/C17H24N2O2/c1-3-9-19-10-4-6-17(19)7-11-18(12-8-17)16(20)15-5-13-21-14(15)2/h3,5,13H,1,4,6-12H2,2H3. The summed E-state index contributed by atoms with van der Waals surface area (Å²) >= 11 is 0. The molecule has 2 aliphatic heterocycles. The Morgan fingerprint density at radius 3 is 2.76 bits per heavy atom. The third-order valence-corrected chi connectivity index (χ3v) is 5.16. The number of rotatable bonds is 3. The Balaban J connectivity index is 1.66. The zero-order valence-corrected chi connectivity index (χ0v) is 12.8. The second kappa shape index (κ2) is 5.68. The Labute approximate surface area is 126 Å². The average Bonchev–Trinajstić information content (AvgIpc) is 3.07. The first-order valence-corrected chi connectivity index (χ1v) is 7.86. The molecule has 21 heavy (non-hydrogen) atoms. The molecule has 1 aromatic rings. The zero-order valence-electron chi connectivity index (χ0n) is 12.8. The van der Waals surface area contributed by atoms with Crippen molar-refractivity contribution in [3.05, 3.63) is 36.3 Å². The molecule has 1 spiro atoms. The van der Waals surface area contributed by atoms with Gasteiger partial charge < -0.3 is 9.32 Å². The van der Waals surface area contributed by atoms with E-state index in [0.29, 0.717) is 11.1 Å². The van der Waals surface area contributed by atoms with E-state index in [1.165, 1.54) is 19.4 Å². The third-order valence-electron chi connectivity index (χ3n) is 5.16. The first-order chi connectivity index (χ1) is 10.2. The number of furan rings is 1. The summed E-state index contributed by atoms with van der Waals surface area (Å²) in [6.07, 6.45) is 8.26.